The van der Waals surface area contributed by atoms with Crippen LogP contribution in [-0.4, -0.2) is 71.9 Å². The minimum absolute atomic E-state index is 0.0796. The van der Waals surface area contributed by atoms with Gasteiger partial charge in [0.15, 0.2) is 5.11 Å². The Morgan fingerprint density at radius 1 is 1.32 bits per heavy atom. The van der Waals surface area contributed by atoms with Gasteiger partial charge in [-0.25, -0.2) is 4.79 Å². The third kappa shape index (κ3) is 4.16. The van der Waals surface area contributed by atoms with E-state index in [1.807, 2.05) is 9.80 Å². The summed E-state index contributed by atoms with van der Waals surface area (Å²) in [6, 6.07) is 0.216. The number of esters is 1. The fraction of sp³-hybridized carbons (Fsp3) is 0.824. The summed E-state index contributed by atoms with van der Waals surface area (Å²) in [6.07, 6.45) is 7.13. The minimum atomic E-state index is -0.338. The van der Waals surface area contributed by atoms with E-state index in [1.54, 1.807) is 0 Å². The van der Waals surface area contributed by atoms with E-state index in [9.17, 15) is 9.59 Å². The number of thiocarbonyl (C=S) groups is 1. The number of methoxy groups -OCH3 is 1. The zero-order chi connectivity index (χ0) is 17.9. The third-order valence-corrected chi connectivity index (χ3v) is 5.97. The second-order valence-electron chi connectivity index (χ2n) is 7.19. The van der Waals surface area contributed by atoms with Gasteiger partial charge in [0.2, 0.25) is 0 Å². The molecule has 2 saturated heterocycles. The quantitative estimate of drug-likeness (QED) is 0.599. The summed E-state index contributed by atoms with van der Waals surface area (Å²) in [5.74, 6) is -0.338. The molecule has 0 aromatic rings. The van der Waals surface area contributed by atoms with Crippen molar-refractivity contribution in [2.24, 2.45) is 0 Å². The molecule has 0 bridgehead atoms. The van der Waals surface area contributed by atoms with Crippen LogP contribution in [0.3, 0.4) is 0 Å². The van der Waals surface area contributed by atoms with Crippen molar-refractivity contribution in [3.05, 3.63) is 0 Å². The molecule has 25 heavy (non-hydrogen) atoms. The summed E-state index contributed by atoms with van der Waals surface area (Å²) in [4.78, 5) is 27.5. The normalized spacial score (nSPS) is 23.5. The number of amides is 1. The van der Waals surface area contributed by atoms with E-state index in [0.29, 0.717) is 5.11 Å². The number of carbonyl (C=O) groups is 2. The van der Waals surface area contributed by atoms with Crippen LogP contribution in [0.1, 0.15) is 44.9 Å². The molecule has 3 fully saturated rings. The molecule has 0 unspecified atom stereocenters. The molecule has 1 saturated carbocycles. The molecule has 8 heteroatoms. The monoisotopic (exact) mass is 369 g/mol. The second-order valence-corrected chi connectivity index (χ2v) is 7.58. The number of carbonyl (C=O) groups excluding carboxylic acids is 2. The van der Waals surface area contributed by atoms with Crippen molar-refractivity contribution in [3.63, 3.8) is 0 Å². The molecule has 0 radical (unpaired) electrons. The zero-order valence-electron chi connectivity index (χ0n) is 14.8. The predicted molar refractivity (Wildman–Crippen MR) is 96.2 cm³/mol. The summed E-state index contributed by atoms with van der Waals surface area (Å²) in [5, 5.41) is 3.49. The molecule has 140 valence electrons. The maximum Gasteiger partial charge on any atom is 0.410 e. The van der Waals surface area contributed by atoms with E-state index in [1.165, 1.54) is 13.5 Å². The van der Waals surface area contributed by atoms with Crippen molar-refractivity contribution in [1.29, 1.82) is 0 Å². The number of ether oxygens (including phenoxy) is 2. The topological polar surface area (TPSA) is 71.1 Å². The van der Waals surface area contributed by atoms with Crippen LogP contribution in [0, 0.1) is 0 Å². The van der Waals surface area contributed by atoms with Gasteiger partial charge in [0.1, 0.15) is 12.1 Å². The molecule has 1 amide bonds. The van der Waals surface area contributed by atoms with Crippen LogP contribution in [0.15, 0.2) is 0 Å². The Hall–Kier alpha value is -1.57. The highest BCUT2D eigenvalue weighted by molar-refractivity contribution is 7.80. The van der Waals surface area contributed by atoms with Crippen molar-refractivity contribution in [3.8, 4) is 0 Å². The Morgan fingerprint density at radius 3 is 2.64 bits per heavy atom. The van der Waals surface area contributed by atoms with Gasteiger partial charge in [0, 0.05) is 19.1 Å². The fourth-order valence-electron chi connectivity index (χ4n) is 4.10. The molecule has 3 aliphatic rings. The Labute approximate surface area is 154 Å². The van der Waals surface area contributed by atoms with Gasteiger partial charge < -0.3 is 24.6 Å². The van der Waals surface area contributed by atoms with Crippen molar-refractivity contribution in [2.75, 3.05) is 33.3 Å². The highest BCUT2D eigenvalue weighted by Gasteiger charge is 2.48. The van der Waals surface area contributed by atoms with Gasteiger partial charge in [-0.3, -0.25) is 4.79 Å². The Balaban J connectivity index is 1.48. The zero-order valence-corrected chi connectivity index (χ0v) is 15.6. The molecule has 2 heterocycles. The molecule has 3 rings (SSSR count). The molecule has 1 N–H and O–H groups in total. The van der Waals surface area contributed by atoms with E-state index < -0.39 is 0 Å². The predicted octanol–water partition coefficient (Wildman–Crippen LogP) is 1.65. The standard InChI is InChI=1S/C17H27N3O4S/c1-23-14(21)11-18-15(25)19-9-5-13(6-10-19)20-12-17(24-16(20)22)7-3-2-4-8-17/h13H,2-12H2,1H3,(H,18,25). The summed E-state index contributed by atoms with van der Waals surface area (Å²) < 4.78 is 10.4. The molecular formula is C17H27N3O4S. The maximum atomic E-state index is 12.4. The lowest BCUT2D eigenvalue weighted by Crippen LogP contribution is -2.51. The average molecular weight is 369 g/mol. The number of nitrogens with one attached hydrogen (secondary N) is 1. The van der Waals surface area contributed by atoms with E-state index in [4.69, 9.17) is 17.0 Å². The SMILES string of the molecule is COC(=O)CNC(=S)N1CCC(N2CC3(CCCCC3)OC2=O)CC1. The van der Waals surface area contributed by atoms with Gasteiger partial charge in [-0.15, -0.1) is 0 Å². The van der Waals surface area contributed by atoms with Gasteiger partial charge in [-0.1, -0.05) is 6.42 Å². The van der Waals surface area contributed by atoms with Crippen LogP contribution < -0.4 is 5.32 Å². The number of nitrogens with zero attached hydrogens (tertiary/aromatic N) is 2. The third-order valence-electron chi connectivity index (χ3n) is 5.57. The Morgan fingerprint density at radius 2 is 2.00 bits per heavy atom. The largest absolute Gasteiger partial charge is 0.468 e. The summed E-state index contributed by atoms with van der Waals surface area (Å²) in [7, 11) is 1.35. The second kappa shape index (κ2) is 7.76. The van der Waals surface area contributed by atoms with Gasteiger partial charge in [-0.05, 0) is 50.7 Å². The van der Waals surface area contributed by atoms with Crippen LogP contribution in [0.2, 0.25) is 0 Å². The van der Waals surface area contributed by atoms with E-state index in [2.05, 4.69) is 10.1 Å². The molecule has 1 spiro atoms. The van der Waals surface area contributed by atoms with Crippen LogP contribution >= 0.6 is 12.2 Å². The molecule has 0 atom stereocenters. The van der Waals surface area contributed by atoms with Gasteiger partial charge in [-0.2, -0.15) is 0 Å². The van der Waals surface area contributed by atoms with E-state index in [-0.39, 0.29) is 30.3 Å². The molecule has 1 aliphatic carbocycles. The minimum Gasteiger partial charge on any atom is -0.468 e. The van der Waals surface area contributed by atoms with Crippen LogP contribution in [0.4, 0.5) is 4.79 Å². The number of piperidine rings is 1. The van der Waals surface area contributed by atoms with Gasteiger partial charge in [0.05, 0.1) is 13.7 Å². The van der Waals surface area contributed by atoms with Crippen molar-refractivity contribution < 1.29 is 19.1 Å². The number of hydrogen-bond acceptors (Lipinski definition) is 5. The fourth-order valence-corrected chi connectivity index (χ4v) is 4.35. The molecule has 0 aromatic carbocycles. The number of hydrogen-bond donors (Lipinski definition) is 1. The first-order valence-electron chi connectivity index (χ1n) is 9.12. The summed E-state index contributed by atoms with van der Waals surface area (Å²) in [6.45, 7) is 2.36. The smallest absolute Gasteiger partial charge is 0.410 e. The molecular weight excluding hydrogens is 342 g/mol. The lowest BCUT2D eigenvalue weighted by molar-refractivity contribution is -0.139. The number of rotatable bonds is 3. The van der Waals surface area contributed by atoms with Gasteiger partial charge >= 0.3 is 12.1 Å². The molecule has 2 aliphatic heterocycles. The first kappa shape index (κ1) is 18.2. The van der Waals surface area contributed by atoms with Crippen LogP contribution in [0.25, 0.3) is 0 Å². The highest BCUT2D eigenvalue weighted by Crippen LogP contribution is 2.38. The van der Waals surface area contributed by atoms with E-state index in [0.717, 1.165) is 58.2 Å². The van der Waals surface area contributed by atoms with E-state index >= 15 is 0 Å². The first-order chi connectivity index (χ1) is 12.0. The average Bonchev–Trinajstić information content (AvgIpc) is 2.95. The van der Waals surface area contributed by atoms with Gasteiger partial charge in [0.25, 0.3) is 0 Å². The highest BCUT2D eigenvalue weighted by atomic mass is 32.1. The summed E-state index contributed by atoms with van der Waals surface area (Å²) in [5.41, 5.74) is -0.232. The van der Waals surface area contributed by atoms with Crippen molar-refractivity contribution >= 4 is 29.4 Å². The first-order valence-corrected chi connectivity index (χ1v) is 9.53. The Kier molecular flexibility index (Phi) is 5.66. The molecule has 0 aromatic heterocycles. The van der Waals surface area contributed by atoms with Crippen LogP contribution in [-0.2, 0) is 14.3 Å². The number of likely N-dealkylation sites (tertiary alicyclic amines) is 1. The summed E-state index contributed by atoms with van der Waals surface area (Å²) >= 11 is 5.34. The van der Waals surface area contributed by atoms with Crippen molar-refractivity contribution in [1.82, 2.24) is 15.1 Å². The van der Waals surface area contributed by atoms with Crippen LogP contribution in [0.5, 0.6) is 0 Å². The lowest BCUT2D eigenvalue weighted by atomic mass is 9.84. The lowest BCUT2D eigenvalue weighted by Gasteiger charge is -2.37. The molecule has 7 nitrogen and oxygen atoms in total. The maximum absolute atomic E-state index is 12.4. The van der Waals surface area contributed by atoms with Crippen molar-refractivity contribution in [2.45, 2.75) is 56.6 Å². The Bertz CT molecular complexity index is 528.